The van der Waals surface area contributed by atoms with E-state index in [4.69, 9.17) is 9.47 Å². The fourth-order valence-corrected chi connectivity index (χ4v) is 5.46. The van der Waals surface area contributed by atoms with Gasteiger partial charge in [-0.3, -0.25) is 4.90 Å². The van der Waals surface area contributed by atoms with E-state index in [1.807, 2.05) is 0 Å². The molecule has 1 spiro atoms. The average Bonchev–Trinajstić information content (AvgIpc) is 2.96. The highest BCUT2D eigenvalue weighted by molar-refractivity contribution is 7.92. The van der Waals surface area contributed by atoms with Crippen molar-refractivity contribution in [3.63, 3.8) is 0 Å². The number of ether oxygens (including phenoxy) is 2. The lowest BCUT2D eigenvalue weighted by atomic mass is 9.82. The number of anilines is 2. The molecule has 4 rings (SSSR count). The van der Waals surface area contributed by atoms with Crippen LogP contribution < -0.4 is 15.1 Å². The van der Waals surface area contributed by atoms with Crippen molar-refractivity contribution in [2.75, 3.05) is 54.6 Å². The van der Waals surface area contributed by atoms with E-state index in [-0.39, 0.29) is 29.9 Å². The number of nitrogens with zero attached hydrogens (tertiary/aromatic N) is 2. The summed E-state index contributed by atoms with van der Waals surface area (Å²) in [7, 11) is 1.40. The van der Waals surface area contributed by atoms with Crippen LogP contribution in [0.4, 0.5) is 29.7 Å². The number of carbonyl (C=O) groups is 2. The summed E-state index contributed by atoms with van der Waals surface area (Å²) in [6.45, 7) is 0.780. The lowest BCUT2D eigenvalue weighted by Gasteiger charge is -2.55. The Morgan fingerprint density at radius 2 is 2.04 bits per heavy atom. The van der Waals surface area contributed by atoms with Crippen LogP contribution in [-0.2, 0) is 20.6 Å². The van der Waals surface area contributed by atoms with Crippen LogP contribution in [-0.4, -0.2) is 67.6 Å². The summed E-state index contributed by atoms with van der Waals surface area (Å²) < 4.78 is 50.4. The van der Waals surface area contributed by atoms with E-state index in [0.29, 0.717) is 24.6 Å². The molecule has 3 heterocycles. The van der Waals surface area contributed by atoms with Crippen LogP contribution in [0, 0.1) is 17.0 Å². The summed E-state index contributed by atoms with van der Waals surface area (Å²) in [5.41, 5.74) is -0.190. The number of halogens is 2. The van der Waals surface area contributed by atoms with Crippen molar-refractivity contribution in [3.05, 3.63) is 23.8 Å². The Morgan fingerprint density at radius 1 is 1.39 bits per heavy atom. The Balaban J connectivity index is 1.43. The predicted octanol–water partition coefficient (Wildman–Crippen LogP) is 1.21. The van der Waals surface area contributed by atoms with Crippen molar-refractivity contribution < 1.29 is 32.4 Å². The van der Waals surface area contributed by atoms with Crippen LogP contribution in [0.5, 0.6) is 0 Å². The molecule has 0 radical (unpaired) electrons. The maximum Gasteiger partial charge on any atom is 0.414 e. The van der Waals surface area contributed by atoms with Crippen molar-refractivity contribution in [2.24, 2.45) is 5.41 Å². The van der Waals surface area contributed by atoms with Crippen molar-refractivity contribution in [1.29, 1.82) is 0 Å². The molecule has 0 bridgehead atoms. The van der Waals surface area contributed by atoms with E-state index in [9.17, 15) is 22.9 Å². The van der Waals surface area contributed by atoms with Crippen molar-refractivity contribution in [1.82, 2.24) is 5.32 Å². The smallest absolute Gasteiger partial charge is 0.414 e. The maximum absolute atomic E-state index is 14.6. The fraction of sp³-hybridized carbons (Fsp3) is 0.529. The van der Waals surface area contributed by atoms with Gasteiger partial charge in [-0.15, -0.1) is 0 Å². The third-order valence-corrected chi connectivity index (χ3v) is 6.96. The van der Waals surface area contributed by atoms with E-state index in [1.165, 1.54) is 7.05 Å². The molecular weight excluding hydrogens is 396 g/mol. The molecule has 152 valence electrons. The quantitative estimate of drug-likeness (QED) is 0.743. The van der Waals surface area contributed by atoms with Crippen molar-refractivity contribution in [3.8, 4) is 0 Å². The average molecular weight is 415 g/mol. The van der Waals surface area contributed by atoms with Gasteiger partial charge in [-0.2, -0.15) is 0 Å². The van der Waals surface area contributed by atoms with Gasteiger partial charge in [0.1, 0.15) is 23.8 Å². The summed E-state index contributed by atoms with van der Waals surface area (Å²) in [5, 5.41) is 2.27. The molecule has 0 aliphatic carbocycles. The fourth-order valence-electron chi connectivity index (χ4n) is 3.81. The van der Waals surface area contributed by atoms with E-state index in [1.54, 1.807) is 4.90 Å². The van der Waals surface area contributed by atoms with Crippen molar-refractivity contribution in [2.45, 2.75) is 6.10 Å². The van der Waals surface area contributed by atoms with Gasteiger partial charge in [0.15, 0.2) is 17.7 Å². The highest BCUT2D eigenvalue weighted by Crippen LogP contribution is 2.45. The number of rotatable bonds is 4. The Hall–Kier alpha value is -2.27. The molecule has 11 heteroatoms. The Morgan fingerprint density at radius 3 is 2.61 bits per heavy atom. The van der Waals surface area contributed by atoms with Crippen LogP contribution in [0.25, 0.3) is 0 Å². The molecule has 0 unspecified atom stereocenters. The first-order valence-corrected chi connectivity index (χ1v) is 10.2. The number of benzene rings is 1. The molecule has 3 aliphatic heterocycles. The van der Waals surface area contributed by atoms with Gasteiger partial charge in [0.25, 0.3) is 0 Å². The highest BCUT2D eigenvalue weighted by Gasteiger charge is 2.57. The first-order valence-electron chi connectivity index (χ1n) is 8.72. The highest BCUT2D eigenvalue weighted by atomic mass is 32.2. The minimum atomic E-state index is -0.818. The standard InChI is InChI=1S/C17H19F2N3O5S/c1-20-15(23)26-5-11-4-22(16(24)27-11)10-2-12(18)14(13(19)3-10)21-6-17(7-21)8-28(25)9-17/h2-3,11H,4-9H2,1H3,(H,20,23)/t11-/m1/s1. The SMILES string of the molecule is CNC(=O)OC[C@H]1CN(c2cc(F)c(N3CC4(C3)C[S+]([O-])C4)c(F)c2)C(=O)O1. The zero-order chi connectivity index (χ0) is 20.1. The molecule has 1 aromatic rings. The van der Waals surface area contributed by atoms with Crippen molar-refractivity contribution >= 4 is 34.7 Å². The molecule has 1 N–H and O–H groups in total. The van der Waals surface area contributed by atoms with Crippen LogP contribution in [0.15, 0.2) is 12.1 Å². The second kappa shape index (κ2) is 6.96. The number of alkyl carbamates (subject to hydrolysis) is 1. The predicted molar refractivity (Wildman–Crippen MR) is 96.9 cm³/mol. The van der Waals surface area contributed by atoms with Gasteiger partial charge in [-0.25, -0.2) is 18.4 Å². The summed E-state index contributed by atoms with van der Waals surface area (Å²) in [5.74, 6) is -0.403. The molecule has 28 heavy (non-hydrogen) atoms. The van der Waals surface area contributed by atoms with Crippen LogP contribution in [0.1, 0.15) is 0 Å². The third-order valence-electron chi connectivity index (χ3n) is 5.09. The van der Waals surface area contributed by atoms with E-state index >= 15 is 0 Å². The second-order valence-electron chi connectivity index (χ2n) is 7.31. The zero-order valence-electron chi connectivity index (χ0n) is 15.1. The van der Waals surface area contributed by atoms with Crippen LogP contribution in [0.3, 0.4) is 0 Å². The van der Waals surface area contributed by atoms with Gasteiger partial charge in [0.2, 0.25) is 0 Å². The monoisotopic (exact) mass is 415 g/mol. The molecule has 3 aliphatic rings. The molecule has 3 saturated heterocycles. The van der Waals surface area contributed by atoms with E-state index in [2.05, 4.69) is 5.32 Å². The lowest BCUT2D eigenvalue weighted by Crippen LogP contribution is -2.68. The van der Waals surface area contributed by atoms with Gasteiger partial charge in [-0.1, -0.05) is 11.2 Å². The Kier molecular flexibility index (Phi) is 4.74. The molecule has 0 aromatic heterocycles. The molecule has 3 fully saturated rings. The second-order valence-corrected chi connectivity index (χ2v) is 8.76. The molecule has 2 amide bonds. The minimum Gasteiger partial charge on any atom is -0.616 e. The van der Waals surface area contributed by atoms with Gasteiger partial charge in [0.05, 0.1) is 17.6 Å². The first kappa shape index (κ1) is 19.1. The minimum absolute atomic E-state index is 0.00664. The van der Waals surface area contributed by atoms with Gasteiger partial charge in [0, 0.05) is 32.3 Å². The zero-order valence-corrected chi connectivity index (χ0v) is 15.9. The molecule has 8 nitrogen and oxygen atoms in total. The molecule has 1 aromatic carbocycles. The third kappa shape index (κ3) is 3.32. The lowest BCUT2D eigenvalue weighted by molar-refractivity contribution is 0.0745. The van der Waals surface area contributed by atoms with Gasteiger partial charge >= 0.3 is 12.2 Å². The first-order chi connectivity index (χ1) is 13.3. The molecule has 1 atom stereocenters. The summed E-state index contributed by atoms with van der Waals surface area (Å²) >= 11 is -0.818. The van der Waals surface area contributed by atoms with Gasteiger partial charge in [-0.05, 0) is 0 Å². The topological polar surface area (TPSA) is 94.2 Å². The van der Waals surface area contributed by atoms with Crippen LogP contribution >= 0.6 is 0 Å². The summed E-state index contributed by atoms with van der Waals surface area (Å²) in [6.07, 6.45) is -2.17. The van der Waals surface area contributed by atoms with Gasteiger partial charge < -0.3 is 24.2 Å². The number of hydrogen-bond donors (Lipinski definition) is 1. The number of nitrogens with one attached hydrogen (secondary N) is 1. The number of cyclic esters (lactones) is 1. The number of hydrogen-bond acceptors (Lipinski definition) is 6. The normalized spacial score (nSPS) is 23.3. The molecular formula is C17H19F2N3O5S. The Labute approximate surface area is 162 Å². The Bertz CT molecular complexity index is 789. The summed E-state index contributed by atoms with van der Waals surface area (Å²) in [6, 6.07) is 2.18. The van der Waals surface area contributed by atoms with Crippen LogP contribution in [0.2, 0.25) is 0 Å². The van der Waals surface area contributed by atoms with E-state index in [0.717, 1.165) is 17.0 Å². The molecule has 0 saturated carbocycles. The largest absolute Gasteiger partial charge is 0.616 e. The summed E-state index contributed by atoms with van der Waals surface area (Å²) in [4.78, 5) is 25.8. The number of amides is 2. The van der Waals surface area contributed by atoms with E-state index < -0.39 is 41.1 Å². The number of carbonyl (C=O) groups excluding carboxylic acids is 2. The maximum atomic E-state index is 14.6.